The third-order valence-electron chi connectivity index (χ3n) is 8.39. The summed E-state index contributed by atoms with van der Waals surface area (Å²) in [5.41, 5.74) is 4.11. The Balaban J connectivity index is 1.48. The molecule has 0 unspecified atom stereocenters. The van der Waals surface area contributed by atoms with Crippen LogP contribution in [-0.2, 0) is 27.2 Å². The third kappa shape index (κ3) is 6.71. The van der Waals surface area contributed by atoms with Crippen molar-refractivity contribution in [3.8, 4) is 28.4 Å². The lowest BCUT2D eigenvalue weighted by Gasteiger charge is -2.19. The fraction of sp³-hybridized carbons (Fsp3) is 0.314. The Morgan fingerprint density at radius 3 is 2.45 bits per heavy atom. The van der Waals surface area contributed by atoms with Crippen LogP contribution in [0.5, 0.6) is 17.2 Å². The van der Waals surface area contributed by atoms with Crippen molar-refractivity contribution in [1.29, 1.82) is 0 Å². The Kier molecular flexibility index (Phi) is 9.69. The zero-order valence-electron chi connectivity index (χ0n) is 26.9. The normalized spacial score (nSPS) is 14.9. The van der Waals surface area contributed by atoms with Gasteiger partial charge in [-0.05, 0) is 66.3 Å². The molecule has 4 aromatic rings. The van der Waals surface area contributed by atoms with E-state index in [0.717, 1.165) is 22.0 Å². The van der Waals surface area contributed by atoms with Crippen LogP contribution in [0.2, 0.25) is 0 Å². The Hall–Kier alpha value is -5.52. The molecule has 5 rings (SSSR count). The Labute approximate surface area is 271 Å². The summed E-state index contributed by atoms with van der Waals surface area (Å²) in [5.74, 6) is -0.738. The van der Waals surface area contributed by atoms with E-state index in [4.69, 9.17) is 14.2 Å². The van der Waals surface area contributed by atoms with Gasteiger partial charge in [0.25, 0.3) is 0 Å². The van der Waals surface area contributed by atoms with Gasteiger partial charge in [0.05, 0.1) is 33.1 Å². The predicted molar refractivity (Wildman–Crippen MR) is 177 cm³/mol. The Bertz CT molecular complexity index is 1900. The van der Waals surface area contributed by atoms with E-state index in [1.54, 1.807) is 25.3 Å². The van der Waals surface area contributed by atoms with Crippen molar-refractivity contribution in [1.82, 2.24) is 15.6 Å². The summed E-state index contributed by atoms with van der Waals surface area (Å²) in [6, 6.07) is 11.5. The number of amides is 2. The molecule has 1 heterocycles. The molecule has 47 heavy (non-hydrogen) atoms. The van der Waals surface area contributed by atoms with Crippen molar-refractivity contribution in [3.63, 3.8) is 0 Å². The van der Waals surface area contributed by atoms with E-state index in [9.17, 15) is 24.3 Å². The lowest BCUT2D eigenvalue weighted by atomic mass is 9.95. The minimum Gasteiger partial charge on any atom is -0.493 e. The summed E-state index contributed by atoms with van der Waals surface area (Å²) in [4.78, 5) is 54.4. The van der Waals surface area contributed by atoms with Gasteiger partial charge in [0.15, 0.2) is 11.5 Å². The number of hydrogen-bond donors (Lipinski definition) is 5. The zero-order valence-corrected chi connectivity index (χ0v) is 26.9. The number of rotatable bonds is 11. The number of carbonyl (C=O) groups is 3. The molecule has 1 aliphatic carbocycles. The van der Waals surface area contributed by atoms with Gasteiger partial charge in [-0.15, -0.1) is 0 Å². The van der Waals surface area contributed by atoms with Crippen molar-refractivity contribution in [3.05, 3.63) is 81.6 Å². The monoisotopic (exact) mass is 642 g/mol. The maximum absolute atomic E-state index is 13.7. The molecule has 12 nitrogen and oxygen atoms in total. The van der Waals surface area contributed by atoms with Gasteiger partial charge in [-0.1, -0.05) is 24.3 Å². The second-order valence-electron chi connectivity index (χ2n) is 11.4. The lowest BCUT2D eigenvalue weighted by Crippen LogP contribution is -2.48. The number of benzene rings is 2. The number of carbonyl (C=O) groups excluding carboxylic acids is 2. The van der Waals surface area contributed by atoms with E-state index in [1.165, 1.54) is 34.3 Å². The average Bonchev–Trinajstić information content (AvgIpc) is 3.32. The standard InChI is InChI=1S/C35H38N4O8/c1-18(34(42)39-28(35(43)44)14-21-17-36-25-9-7-6-8-22(21)25)37-27-13-11-23-24(16-29(27)41)26(38-19(2)40)12-10-20-15-30(45-3)32(46-4)33(47-5)31(20)23/h6-9,11,13,15-18,26,28,36H,10,12,14H2,1-5H3,(H,37,41)(H,38,40)(H,39,42)(H,43,44)/t18-,26-,28-/m1/s1. The summed E-state index contributed by atoms with van der Waals surface area (Å²) >= 11 is 0. The molecule has 0 radical (unpaired) electrons. The summed E-state index contributed by atoms with van der Waals surface area (Å²) < 4.78 is 17.0. The Morgan fingerprint density at radius 2 is 1.77 bits per heavy atom. The maximum atomic E-state index is 13.7. The number of H-pyrrole nitrogens is 1. The molecule has 0 fully saturated rings. The van der Waals surface area contributed by atoms with Gasteiger partial charge < -0.3 is 40.3 Å². The number of nitrogens with one attached hydrogen (secondary N) is 4. The Morgan fingerprint density at radius 1 is 1.02 bits per heavy atom. The second-order valence-corrected chi connectivity index (χ2v) is 11.4. The first kappa shape index (κ1) is 32.9. The first-order valence-electron chi connectivity index (χ1n) is 15.2. The van der Waals surface area contributed by atoms with E-state index >= 15 is 0 Å². The topological polar surface area (TPSA) is 168 Å². The molecule has 0 aliphatic heterocycles. The number of para-hydroxylation sites is 1. The third-order valence-corrected chi connectivity index (χ3v) is 8.39. The van der Waals surface area contributed by atoms with Crippen LogP contribution in [0.15, 0.2) is 59.5 Å². The quantitative estimate of drug-likeness (QED) is 0.163. The summed E-state index contributed by atoms with van der Waals surface area (Å²) in [6.07, 6.45) is 2.85. The first-order valence-corrected chi connectivity index (χ1v) is 15.2. The second kappa shape index (κ2) is 13.9. The fourth-order valence-electron chi connectivity index (χ4n) is 6.14. The van der Waals surface area contributed by atoms with Crippen LogP contribution in [0.25, 0.3) is 22.0 Å². The van der Waals surface area contributed by atoms with Crippen LogP contribution in [0.1, 0.15) is 43.0 Å². The maximum Gasteiger partial charge on any atom is 0.326 e. The molecule has 0 saturated heterocycles. The van der Waals surface area contributed by atoms with E-state index in [-0.39, 0.29) is 18.0 Å². The van der Waals surface area contributed by atoms with Crippen molar-refractivity contribution >= 4 is 34.4 Å². The van der Waals surface area contributed by atoms with Gasteiger partial charge in [0, 0.05) is 36.0 Å². The largest absolute Gasteiger partial charge is 0.493 e. The van der Waals surface area contributed by atoms with E-state index in [0.29, 0.717) is 46.8 Å². The van der Waals surface area contributed by atoms with Gasteiger partial charge in [0.1, 0.15) is 12.1 Å². The number of ether oxygens (including phenoxy) is 3. The highest BCUT2D eigenvalue weighted by molar-refractivity contribution is 5.90. The molecule has 5 N–H and O–H groups in total. The predicted octanol–water partition coefficient (Wildman–Crippen LogP) is 3.96. The van der Waals surface area contributed by atoms with E-state index in [2.05, 4.69) is 20.9 Å². The van der Waals surface area contributed by atoms with Gasteiger partial charge in [0.2, 0.25) is 23.0 Å². The number of carboxylic acid groups (broad SMARTS) is 1. The number of aromatic nitrogens is 1. The van der Waals surface area contributed by atoms with Crippen LogP contribution in [0, 0.1) is 0 Å². The smallest absolute Gasteiger partial charge is 0.326 e. The molecular formula is C35H38N4O8. The highest BCUT2D eigenvalue weighted by Crippen LogP contribution is 2.50. The van der Waals surface area contributed by atoms with Gasteiger partial charge in [-0.3, -0.25) is 14.4 Å². The molecule has 0 saturated carbocycles. The number of hydrogen-bond acceptors (Lipinski definition) is 8. The van der Waals surface area contributed by atoms with Crippen LogP contribution < -0.4 is 35.6 Å². The van der Waals surface area contributed by atoms with Crippen LogP contribution in [0.3, 0.4) is 0 Å². The molecule has 12 heteroatoms. The van der Waals surface area contributed by atoms with Crippen LogP contribution >= 0.6 is 0 Å². The summed E-state index contributed by atoms with van der Waals surface area (Å²) in [5, 5.41) is 19.3. The van der Waals surface area contributed by atoms with Crippen molar-refractivity contribution < 1.29 is 33.7 Å². The summed E-state index contributed by atoms with van der Waals surface area (Å²) in [6.45, 7) is 2.97. The molecular weight excluding hydrogens is 604 g/mol. The first-order chi connectivity index (χ1) is 22.6. The number of aromatic amines is 1. The van der Waals surface area contributed by atoms with Gasteiger partial charge >= 0.3 is 5.97 Å². The van der Waals surface area contributed by atoms with Crippen LogP contribution in [-0.4, -0.2) is 61.3 Å². The number of methoxy groups -OCH3 is 3. The molecule has 1 aliphatic rings. The number of anilines is 1. The SMILES string of the molecule is COc1cc2c(c(OC)c1OC)-c1ccc(N[C@H](C)C(=O)N[C@H](Cc3c[nH]c4ccccc34)C(=O)O)c(=O)cc1[C@H](NC(C)=O)CC2. The molecule has 0 spiro atoms. The highest BCUT2D eigenvalue weighted by Gasteiger charge is 2.30. The van der Waals surface area contributed by atoms with Crippen molar-refractivity contribution in [2.24, 2.45) is 0 Å². The van der Waals surface area contributed by atoms with Crippen molar-refractivity contribution in [2.75, 3.05) is 26.6 Å². The molecule has 2 amide bonds. The zero-order chi connectivity index (χ0) is 33.8. The van der Waals surface area contributed by atoms with Gasteiger partial charge in [-0.25, -0.2) is 4.79 Å². The van der Waals surface area contributed by atoms with Crippen LogP contribution in [0.4, 0.5) is 5.69 Å². The number of carboxylic acids is 1. The highest BCUT2D eigenvalue weighted by atomic mass is 16.5. The minimum absolute atomic E-state index is 0.0671. The van der Waals surface area contributed by atoms with E-state index in [1.807, 2.05) is 30.3 Å². The molecule has 0 bridgehead atoms. The number of fused-ring (bicyclic) bond motifs is 4. The molecule has 246 valence electrons. The minimum atomic E-state index is -1.20. The molecule has 1 aromatic heterocycles. The molecule has 3 aromatic carbocycles. The van der Waals surface area contributed by atoms with Crippen molar-refractivity contribution in [2.45, 2.75) is 51.2 Å². The number of aryl methyl sites for hydroxylation is 1. The number of aliphatic carboxylic acids is 1. The van der Waals surface area contributed by atoms with Gasteiger partial charge in [-0.2, -0.15) is 0 Å². The fourth-order valence-corrected chi connectivity index (χ4v) is 6.14. The van der Waals surface area contributed by atoms with E-state index < -0.39 is 35.4 Å². The molecule has 3 atom stereocenters. The lowest BCUT2D eigenvalue weighted by molar-refractivity contribution is -0.141. The summed E-state index contributed by atoms with van der Waals surface area (Å²) in [7, 11) is 4.56. The average molecular weight is 643 g/mol.